The molecule has 0 N–H and O–H groups in total. The summed E-state index contributed by atoms with van der Waals surface area (Å²) >= 11 is 0. The first kappa shape index (κ1) is 22.6. The minimum atomic E-state index is 0.194. The molecule has 0 saturated heterocycles. The predicted molar refractivity (Wildman–Crippen MR) is 167 cm³/mol. The second kappa shape index (κ2) is 8.63. The van der Waals surface area contributed by atoms with Gasteiger partial charge in [0.2, 0.25) is 0 Å². The van der Waals surface area contributed by atoms with Gasteiger partial charge in [0.25, 0.3) is 0 Å². The highest BCUT2D eigenvalue weighted by atomic mass is 15.2. The molecule has 4 heterocycles. The molecular formula is C35H26N6. The van der Waals surface area contributed by atoms with Gasteiger partial charge in [-0.25, -0.2) is 15.0 Å². The van der Waals surface area contributed by atoms with Gasteiger partial charge in [-0.15, -0.1) is 0 Å². The Labute approximate surface area is 235 Å². The summed E-state index contributed by atoms with van der Waals surface area (Å²) < 4.78 is 6.85. The molecule has 0 aliphatic heterocycles. The molecule has 0 radical (unpaired) electrons. The summed E-state index contributed by atoms with van der Waals surface area (Å²) in [6.07, 6.45) is 22.1. The van der Waals surface area contributed by atoms with Crippen LogP contribution in [-0.2, 0) is 0 Å². The standard InChI is InChI=1S/C35H26N6/c1-3-11-23(12-4-1)39-22-38-33-34(39)36-21-37-35(33)41-28-18-10-8-16-26(28)32-30(41)20-19-29-31(32)25-15-7-9-17-27(25)40(29)24-13-5-2-6-14-24/h1,3-5,7-11,13-23H,2,6,12H2. The van der Waals surface area contributed by atoms with Gasteiger partial charge in [0.15, 0.2) is 17.0 Å². The van der Waals surface area contributed by atoms with E-state index in [0.717, 1.165) is 47.3 Å². The largest absolute Gasteiger partial charge is 0.310 e. The fourth-order valence-electron chi connectivity index (χ4n) is 6.81. The van der Waals surface area contributed by atoms with E-state index in [9.17, 15) is 0 Å². The zero-order chi connectivity index (χ0) is 26.9. The lowest BCUT2D eigenvalue weighted by atomic mass is 10.1. The van der Waals surface area contributed by atoms with E-state index < -0.39 is 0 Å². The highest BCUT2D eigenvalue weighted by Gasteiger charge is 2.23. The number of hydrogen-bond donors (Lipinski definition) is 0. The molecular weight excluding hydrogens is 504 g/mol. The van der Waals surface area contributed by atoms with Crippen LogP contribution in [0.5, 0.6) is 0 Å². The first-order chi connectivity index (χ1) is 20.4. The SMILES string of the molecule is C1=CCC(n2cnc3c(-n4c5ccccc5c5c6c7ccccc7n(C7=CCCC=C7)c6ccc54)ncnc32)C=C1. The van der Waals surface area contributed by atoms with Crippen molar-refractivity contribution in [3.8, 4) is 5.82 Å². The van der Waals surface area contributed by atoms with Gasteiger partial charge < -0.3 is 9.13 Å². The van der Waals surface area contributed by atoms with Gasteiger partial charge in [0.05, 0.1) is 34.4 Å². The molecule has 7 aromatic rings. The van der Waals surface area contributed by atoms with E-state index in [2.05, 4.69) is 117 Å². The predicted octanol–water partition coefficient (Wildman–Crippen LogP) is 8.28. The summed E-state index contributed by atoms with van der Waals surface area (Å²) in [5.74, 6) is 0.802. The van der Waals surface area contributed by atoms with E-state index in [1.807, 2.05) is 6.33 Å². The van der Waals surface area contributed by atoms with Crippen LogP contribution in [0.3, 0.4) is 0 Å². The van der Waals surface area contributed by atoms with Gasteiger partial charge in [-0.3, -0.25) is 4.57 Å². The molecule has 41 heavy (non-hydrogen) atoms. The van der Waals surface area contributed by atoms with Crippen molar-refractivity contribution in [3.05, 3.63) is 116 Å². The fraction of sp³-hybridized carbons (Fsp3) is 0.114. The third-order valence-electron chi connectivity index (χ3n) is 8.57. The third-order valence-corrected chi connectivity index (χ3v) is 8.57. The van der Waals surface area contributed by atoms with Gasteiger partial charge in [0.1, 0.15) is 6.33 Å². The molecule has 0 saturated carbocycles. The Kier molecular flexibility index (Phi) is 4.75. The van der Waals surface area contributed by atoms with E-state index in [0.29, 0.717) is 0 Å². The number of benzene rings is 3. The van der Waals surface area contributed by atoms with Gasteiger partial charge in [-0.2, -0.15) is 0 Å². The summed E-state index contributed by atoms with van der Waals surface area (Å²) in [5, 5.41) is 4.96. The minimum absolute atomic E-state index is 0.194. The molecule has 2 aliphatic carbocycles. The van der Waals surface area contributed by atoms with E-state index in [-0.39, 0.29) is 6.04 Å². The van der Waals surface area contributed by atoms with Crippen molar-refractivity contribution in [2.24, 2.45) is 0 Å². The Bertz CT molecular complexity index is 2300. The molecule has 6 heteroatoms. The van der Waals surface area contributed by atoms with Crippen LogP contribution in [-0.4, -0.2) is 28.7 Å². The summed E-state index contributed by atoms with van der Waals surface area (Å²) in [7, 11) is 0. The highest BCUT2D eigenvalue weighted by molar-refractivity contribution is 6.29. The highest BCUT2D eigenvalue weighted by Crippen LogP contribution is 2.42. The van der Waals surface area contributed by atoms with E-state index in [4.69, 9.17) is 15.0 Å². The number of allylic oxidation sites excluding steroid dienone is 8. The summed E-state index contributed by atoms with van der Waals surface area (Å²) in [4.78, 5) is 14.4. The van der Waals surface area contributed by atoms with E-state index >= 15 is 0 Å². The Morgan fingerprint density at radius 1 is 0.683 bits per heavy atom. The quantitative estimate of drug-likeness (QED) is 0.231. The van der Waals surface area contributed by atoms with E-state index in [1.165, 1.54) is 38.3 Å². The maximum absolute atomic E-state index is 4.88. The average molecular weight is 531 g/mol. The lowest BCUT2D eigenvalue weighted by Crippen LogP contribution is -2.07. The third kappa shape index (κ3) is 3.16. The number of aromatic nitrogens is 6. The number of para-hydroxylation sites is 2. The number of fused-ring (bicyclic) bond motifs is 8. The van der Waals surface area contributed by atoms with Gasteiger partial charge >= 0.3 is 0 Å². The molecule has 1 atom stereocenters. The van der Waals surface area contributed by atoms with Gasteiger partial charge in [0, 0.05) is 27.2 Å². The Morgan fingerprint density at radius 2 is 1.44 bits per heavy atom. The Hall–Kier alpha value is -5.23. The lowest BCUT2D eigenvalue weighted by Gasteiger charge is -2.15. The molecule has 4 aromatic heterocycles. The number of nitrogens with zero attached hydrogens (tertiary/aromatic N) is 6. The smallest absolute Gasteiger partial charge is 0.169 e. The molecule has 0 fully saturated rings. The van der Waals surface area contributed by atoms with Crippen LogP contribution in [0.2, 0.25) is 0 Å². The van der Waals surface area contributed by atoms with Crippen LogP contribution in [0.4, 0.5) is 0 Å². The van der Waals surface area contributed by atoms with Crippen molar-refractivity contribution in [1.29, 1.82) is 0 Å². The number of hydrogen-bond acceptors (Lipinski definition) is 3. The van der Waals surface area contributed by atoms with Crippen molar-refractivity contribution >= 4 is 60.5 Å². The van der Waals surface area contributed by atoms with Crippen molar-refractivity contribution in [1.82, 2.24) is 28.7 Å². The molecule has 6 nitrogen and oxygen atoms in total. The van der Waals surface area contributed by atoms with Crippen molar-refractivity contribution in [2.45, 2.75) is 25.3 Å². The van der Waals surface area contributed by atoms with Crippen LogP contribution in [0.25, 0.3) is 66.3 Å². The van der Waals surface area contributed by atoms with Gasteiger partial charge in [-0.05, 0) is 49.6 Å². The first-order valence-corrected chi connectivity index (χ1v) is 14.2. The Balaban J connectivity index is 1.39. The summed E-state index contributed by atoms with van der Waals surface area (Å²) in [6.45, 7) is 0. The summed E-state index contributed by atoms with van der Waals surface area (Å²) in [5.41, 5.74) is 7.55. The zero-order valence-corrected chi connectivity index (χ0v) is 22.4. The number of imidazole rings is 1. The van der Waals surface area contributed by atoms with Gasteiger partial charge in [-0.1, -0.05) is 72.9 Å². The van der Waals surface area contributed by atoms with Crippen LogP contribution in [0, 0.1) is 0 Å². The number of rotatable bonds is 3. The van der Waals surface area contributed by atoms with Crippen LogP contribution in [0.1, 0.15) is 25.3 Å². The van der Waals surface area contributed by atoms with Crippen molar-refractivity contribution in [2.75, 3.05) is 0 Å². The van der Waals surface area contributed by atoms with E-state index in [1.54, 1.807) is 6.33 Å². The van der Waals surface area contributed by atoms with Crippen LogP contribution in [0.15, 0.2) is 116 Å². The second-order valence-electron chi connectivity index (χ2n) is 10.8. The van der Waals surface area contributed by atoms with Crippen molar-refractivity contribution in [3.63, 3.8) is 0 Å². The molecule has 0 spiro atoms. The normalized spacial score (nSPS) is 17.1. The molecule has 2 aliphatic rings. The molecule has 0 bridgehead atoms. The summed E-state index contributed by atoms with van der Waals surface area (Å²) in [6, 6.07) is 22.1. The minimum Gasteiger partial charge on any atom is -0.310 e. The average Bonchev–Trinajstić information content (AvgIpc) is 3.72. The monoisotopic (exact) mass is 530 g/mol. The molecule has 3 aromatic carbocycles. The molecule has 0 amide bonds. The molecule has 196 valence electrons. The Morgan fingerprint density at radius 3 is 2.17 bits per heavy atom. The molecule has 1 unspecified atom stereocenters. The van der Waals surface area contributed by atoms with Crippen LogP contribution >= 0.6 is 0 Å². The van der Waals surface area contributed by atoms with Crippen LogP contribution < -0.4 is 0 Å². The fourth-order valence-corrected chi connectivity index (χ4v) is 6.81. The van der Waals surface area contributed by atoms with Crippen molar-refractivity contribution < 1.29 is 0 Å². The topological polar surface area (TPSA) is 53.5 Å². The first-order valence-electron chi connectivity index (χ1n) is 14.2. The second-order valence-corrected chi connectivity index (χ2v) is 10.8. The zero-order valence-electron chi connectivity index (χ0n) is 22.4. The molecule has 9 rings (SSSR count). The lowest BCUT2D eigenvalue weighted by molar-refractivity contribution is 0.619. The maximum Gasteiger partial charge on any atom is 0.169 e. The maximum atomic E-state index is 4.88.